The number of carbonyl (C=O) groups is 1. The molecule has 0 saturated heterocycles. The van der Waals surface area contributed by atoms with Gasteiger partial charge in [0.15, 0.2) is 0 Å². The minimum atomic E-state index is 0.124. The maximum Gasteiger partial charge on any atom is 0.243 e. The van der Waals surface area contributed by atoms with E-state index in [-0.39, 0.29) is 11.8 Å². The first kappa shape index (κ1) is 13.8. The minimum Gasteiger partial charge on any atom is -0.273 e. The Morgan fingerprint density at radius 2 is 1.57 bits per heavy atom. The lowest BCUT2D eigenvalue weighted by molar-refractivity contribution is -0.122. The van der Waals surface area contributed by atoms with Crippen LogP contribution >= 0.6 is 0 Å². The predicted octanol–water partition coefficient (Wildman–Crippen LogP) is 3.72. The normalized spacial score (nSPS) is 40.1. The van der Waals surface area contributed by atoms with Crippen LogP contribution in [-0.2, 0) is 4.79 Å². The molecule has 1 aromatic carbocycles. The standard InChI is InChI=1S/C20H24N2O/c23-20(18-11-17(18)14-4-2-1-3-5-14)22-21-19-15-7-12-6-13(9-15)10-16(19)8-12/h1-5,12-13,15-18H,6-11H2,(H,22,23). The third-order valence-electron chi connectivity index (χ3n) is 6.62. The average molecular weight is 308 g/mol. The maximum absolute atomic E-state index is 12.4. The Balaban J connectivity index is 1.24. The topological polar surface area (TPSA) is 41.5 Å². The zero-order valence-electron chi connectivity index (χ0n) is 13.4. The molecular formula is C20H24N2O. The molecular weight excluding hydrogens is 284 g/mol. The van der Waals surface area contributed by atoms with Crippen LogP contribution in [0.5, 0.6) is 0 Å². The van der Waals surface area contributed by atoms with Gasteiger partial charge in [0.1, 0.15) is 0 Å². The molecule has 23 heavy (non-hydrogen) atoms. The highest BCUT2D eigenvalue weighted by molar-refractivity contribution is 5.92. The molecule has 5 aliphatic rings. The van der Waals surface area contributed by atoms with Gasteiger partial charge in [-0.3, -0.25) is 4.79 Å². The van der Waals surface area contributed by atoms with Crippen molar-refractivity contribution >= 4 is 11.6 Å². The average Bonchev–Trinajstić information content (AvgIpc) is 3.35. The van der Waals surface area contributed by atoms with Gasteiger partial charge in [0.2, 0.25) is 5.91 Å². The van der Waals surface area contributed by atoms with E-state index in [2.05, 4.69) is 34.8 Å². The quantitative estimate of drug-likeness (QED) is 0.850. The first-order chi connectivity index (χ1) is 11.3. The molecule has 0 heterocycles. The largest absolute Gasteiger partial charge is 0.273 e. The summed E-state index contributed by atoms with van der Waals surface area (Å²) in [6.45, 7) is 0. The summed E-state index contributed by atoms with van der Waals surface area (Å²) in [5.74, 6) is 3.86. The summed E-state index contributed by atoms with van der Waals surface area (Å²) in [5.41, 5.74) is 5.53. The first-order valence-corrected chi connectivity index (χ1v) is 9.20. The minimum absolute atomic E-state index is 0.124. The van der Waals surface area contributed by atoms with Gasteiger partial charge < -0.3 is 0 Å². The lowest BCUT2D eigenvalue weighted by atomic mass is 9.55. The Morgan fingerprint density at radius 1 is 0.913 bits per heavy atom. The van der Waals surface area contributed by atoms with E-state index in [0.29, 0.717) is 17.8 Å². The number of nitrogens with zero attached hydrogens (tertiary/aromatic N) is 1. The van der Waals surface area contributed by atoms with E-state index in [1.807, 2.05) is 6.07 Å². The zero-order valence-corrected chi connectivity index (χ0v) is 13.4. The Bertz CT molecular complexity index is 621. The third kappa shape index (κ3) is 2.41. The van der Waals surface area contributed by atoms with Gasteiger partial charge in [-0.25, -0.2) is 5.43 Å². The maximum atomic E-state index is 12.4. The molecule has 3 nitrogen and oxygen atoms in total. The van der Waals surface area contributed by atoms with Crippen LogP contribution in [0.4, 0.5) is 0 Å². The number of benzene rings is 1. The second kappa shape index (κ2) is 5.19. The van der Waals surface area contributed by atoms with E-state index in [0.717, 1.165) is 18.3 Å². The molecule has 5 fully saturated rings. The molecule has 0 aromatic heterocycles. The SMILES string of the molecule is O=C(NN=C1C2CC3CC(C2)CC1C3)C1CC1c1ccccc1. The molecule has 0 spiro atoms. The summed E-state index contributed by atoms with van der Waals surface area (Å²) in [7, 11) is 0. The molecule has 1 N–H and O–H groups in total. The summed E-state index contributed by atoms with van der Waals surface area (Å²) < 4.78 is 0. The predicted molar refractivity (Wildman–Crippen MR) is 89.9 cm³/mol. The van der Waals surface area contributed by atoms with Crippen LogP contribution in [0, 0.1) is 29.6 Å². The van der Waals surface area contributed by atoms with Gasteiger partial charge in [-0.2, -0.15) is 5.10 Å². The van der Waals surface area contributed by atoms with Crippen molar-refractivity contribution in [3.05, 3.63) is 35.9 Å². The van der Waals surface area contributed by atoms with E-state index >= 15 is 0 Å². The summed E-state index contributed by atoms with van der Waals surface area (Å²) >= 11 is 0. The number of amides is 1. The van der Waals surface area contributed by atoms with Crippen molar-refractivity contribution in [2.45, 2.75) is 44.4 Å². The Kier molecular flexibility index (Phi) is 3.10. The van der Waals surface area contributed by atoms with Gasteiger partial charge in [-0.05, 0) is 73.7 Å². The van der Waals surface area contributed by atoms with E-state index < -0.39 is 0 Å². The van der Waals surface area contributed by atoms with Crippen molar-refractivity contribution in [2.24, 2.45) is 34.7 Å². The van der Waals surface area contributed by atoms with Crippen LogP contribution in [0.15, 0.2) is 35.4 Å². The van der Waals surface area contributed by atoms with Crippen molar-refractivity contribution in [1.29, 1.82) is 0 Å². The molecule has 3 heteroatoms. The fourth-order valence-electron chi connectivity index (χ4n) is 5.61. The summed E-state index contributed by atoms with van der Waals surface area (Å²) in [4.78, 5) is 12.4. The highest BCUT2D eigenvalue weighted by Crippen LogP contribution is 2.52. The fourth-order valence-corrected chi connectivity index (χ4v) is 5.61. The Labute approximate surface area is 137 Å². The van der Waals surface area contributed by atoms with Crippen molar-refractivity contribution in [3.63, 3.8) is 0 Å². The first-order valence-electron chi connectivity index (χ1n) is 9.20. The molecule has 4 bridgehead atoms. The second-order valence-electron chi connectivity index (χ2n) is 8.18. The molecule has 1 amide bonds. The molecule has 0 radical (unpaired) electrons. The molecule has 2 atom stereocenters. The number of hydrogen-bond acceptors (Lipinski definition) is 2. The van der Waals surface area contributed by atoms with Gasteiger partial charge in [-0.15, -0.1) is 0 Å². The van der Waals surface area contributed by atoms with Crippen molar-refractivity contribution in [3.8, 4) is 0 Å². The summed E-state index contributed by atoms with van der Waals surface area (Å²) in [6.07, 6.45) is 7.69. The highest BCUT2D eigenvalue weighted by Gasteiger charge is 2.47. The molecule has 120 valence electrons. The number of hydrazone groups is 1. The lowest BCUT2D eigenvalue weighted by Crippen LogP contribution is -2.46. The number of rotatable bonds is 3. The molecule has 5 saturated carbocycles. The van der Waals surface area contributed by atoms with Gasteiger partial charge in [-0.1, -0.05) is 30.3 Å². The molecule has 5 aliphatic carbocycles. The van der Waals surface area contributed by atoms with Crippen LogP contribution in [-0.4, -0.2) is 11.6 Å². The van der Waals surface area contributed by atoms with Gasteiger partial charge in [0, 0.05) is 11.6 Å². The van der Waals surface area contributed by atoms with E-state index in [9.17, 15) is 4.79 Å². The highest BCUT2D eigenvalue weighted by atomic mass is 16.2. The van der Waals surface area contributed by atoms with Crippen molar-refractivity contribution < 1.29 is 4.79 Å². The van der Waals surface area contributed by atoms with Crippen LogP contribution < -0.4 is 5.43 Å². The van der Waals surface area contributed by atoms with Crippen LogP contribution in [0.1, 0.15) is 50.0 Å². The molecule has 1 aromatic rings. The number of nitrogens with one attached hydrogen (secondary N) is 1. The smallest absolute Gasteiger partial charge is 0.243 e. The Hall–Kier alpha value is -1.64. The monoisotopic (exact) mass is 308 g/mol. The molecule has 0 aliphatic heterocycles. The summed E-state index contributed by atoms with van der Waals surface area (Å²) in [6, 6.07) is 10.4. The lowest BCUT2D eigenvalue weighted by Gasteiger charge is -2.50. The van der Waals surface area contributed by atoms with E-state index in [4.69, 9.17) is 0 Å². The second-order valence-corrected chi connectivity index (χ2v) is 8.18. The van der Waals surface area contributed by atoms with Gasteiger partial charge in [0.05, 0.1) is 0 Å². The van der Waals surface area contributed by atoms with Gasteiger partial charge in [0.25, 0.3) is 0 Å². The fraction of sp³-hybridized carbons (Fsp3) is 0.600. The van der Waals surface area contributed by atoms with Crippen LogP contribution in [0.25, 0.3) is 0 Å². The van der Waals surface area contributed by atoms with Gasteiger partial charge >= 0.3 is 0 Å². The van der Waals surface area contributed by atoms with Crippen LogP contribution in [0.3, 0.4) is 0 Å². The molecule has 6 rings (SSSR count). The molecule has 2 unspecified atom stereocenters. The Morgan fingerprint density at radius 3 is 2.22 bits per heavy atom. The summed E-state index contributed by atoms with van der Waals surface area (Å²) in [5, 5.41) is 4.63. The van der Waals surface area contributed by atoms with Crippen molar-refractivity contribution in [2.75, 3.05) is 0 Å². The zero-order chi connectivity index (χ0) is 15.4. The third-order valence-corrected chi connectivity index (χ3v) is 6.62. The number of hydrogen-bond donors (Lipinski definition) is 1. The number of carbonyl (C=O) groups excluding carboxylic acids is 1. The van der Waals surface area contributed by atoms with E-state index in [1.165, 1.54) is 43.4 Å². The van der Waals surface area contributed by atoms with E-state index in [1.54, 1.807) is 0 Å². The van der Waals surface area contributed by atoms with Crippen molar-refractivity contribution in [1.82, 2.24) is 5.43 Å². The van der Waals surface area contributed by atoms with Crippen LogP contribution in [0.2, 0.25) is 0 Å².